The van der Waals surface area contributed by atoms with Crippen molar-refractivity contribution >= 4 is 38.9 Å². The van der Waals surface area contributed by atoms with Crippen molar-refractivity contribution in [3.63, 3.8) is 0 Å². The van der Waals surface area contributed by atoms with Crippen LogP contribution in [0.5, 0.6) is 0 Å². The number of likely N-dealkylation sites (N-methyl/N-ethyl adjacent to an activating group) is 1. The lowest BCUT2D eigenvalue weighted by atomic mass is 9.74. The number of hydrogen-bond donors (Lipinski definition) is 3. The van der Waals surface area contributed by atoms with E-state index in [-0.39, 0.29) is 64.3 Å². The van der Waals surface area contributed by atoms with Crippen LogP contribution >= 0.6 is 11.6 Å². The number of anilines is 1. The van der Waals surface area contributed by atoms with Gasteiger partial charge in [0.1, 0.15) is 0 Å². The van der Waals surface area contributed by atoms with E-state index in [0.29, 0.717) is 25.0 Å². The number of amides is 2. The standard InChI is InChI=1S/C28H31ClF3N3O5S/c1-35-8-2-3-23(35)27(37)33-14-28(38)16-5-6-17(28)11-19(10-16)41(39,40)24-9-15(4-7-20(24)29)26(36)34-18-12-21(30)25(32)22(31)13-18/h4,7,9,12-13,16-17,19,23,38H,2-3,5-6,8,10-11,14H2,1H3,(H,33,37)(H,34,36)/t16?,17?,19?,23-,28?/m1/s1. The molecule has 8 nitrogen and oxygen atoms in total. The summed E-state index contributed by atoms with van der Waals surface area (Å²) in [5, 5.41) is 15.7. The number of hydrogen-bond acceptors (Lipinski definition) is 6. The molecule has 222 valence electrons. The Kier molecular flexibility index (Phi) is 8.14. The van der Waals surface area contributed by atoms with Gasteiger partial charge in [-0.1, -0.05) is 11.6 Å². The van der Waals surface area contributed by atoms with E-state index in [4.69, 9.17) is 11.6 Å². The number of nitrogens with zero attached hydrogens (tertiary/aromatic N) is 1. The van der Waals surface area contributed by atoms with Crippen LogP contribution in [0.4, 0.5) is 18.9 Å². The fourth-order valence-electron chi connectivity index (χ4n) is 6.61. The van der Waals surface area contributed by atoms with Crippen LogP contribution in [0.1, 0.15) is 48.9 Å². The zero-order chi connectivity index (χ0) is 29.7. The van der Waals surface area contributed by atoms with Crippen molar-refractivity contribution in [1.82, 2.24) is 10.2 Å². The van der Waals surface area contributed by atoms with E-state index in [1.807, 2.05) is 11.9 Å². The summed E-state index contributed by atoms with van der Waals surface area (Å²) in [5.41, 5.74) is -1.70. The predicted molar refractivity (Wildman–Crippen MR) is 146 cm³/mol. The lowest BCUT2D eigenvalue weighted by Crippen LogP contribution is -2.56. The molecule has 5 rings (SSSR count). The summed E-state index contributed by atoms with van der Waals surface area (Å²) < 4.78 is 67.9. The molecule has 2 amide bonds. The smallest absolute Gasteiger partial charge is 0.255 e. The van der Waals surface area contributed by atoms with Crippen LogP contribution in [-0.2, 0) is 14.6 Å². The van der Waals surface area contributed by atoms with E-state index < -0.39 is 44.0 Å². The zero-order valence-corrected chi connectivity index (χ0v) is 23.9. The third-order valence-electron chi connectivity index (χ3n) is 8.92. The molecular weight excluding hydrogens is 583 g/mol. The molecule has 3 atom stereocenters. The lowest BCUT2D eigenvalue weighted by Gasteiger charge is -2.42. The van der Waals surface area contributed by atoms with Gasteiger partial charge in [0.15, 0.2) is 27.3 Å². The topological polar surface area (TPSA) is 116 Å². The third kappa shape index (κ3) is 5.59. The van der Waals surface area contributed by atoms with Gasteiger partial charge in [-0.25, -0.2) is 21.6 Å². The molecule has 41 heavy (non-hydrogen) atoms. The Balaban J connectivity index is 1.30. The van der Waals surface area contributed by atoms with E-state index in [1.54, 1.807) is 0 Å². The van der Waals surface area contributed by atoms with Crippen molar-refractivity contribution in [1.29, 1.82) is 0 Å². The summed E-state index contributed by atoms with van der Waals surface area (Å²) in [4.78, 5) is 27.2. The van der Waals surface area contributed by atoms with Gasteiger partial charge in [-0.2, -0.15) is 0 Å². The molecule has 0 aromatic heterocycles. The third-order valence-corrected chi connectivity index (χ3v) is 11.6. The van der Waals surface area contributed by atoms with Gasteiger partial charge in [0.25, 0.3) is 5.91 Å². The van der Waals surface area contributed by atoms with Crippen LogP contribution in [0.25, 0.3) is 0 Å². The molecule has 13 heteroatoms. The van der Waals surface area contributed by atoms with Gasteiger partial charge in [-0.3, -0.25) is 14.5 Å². The number of carbonyl (C=O) groups is 2. The monoisotopic (exact) mass is 613 g/mol. The molecule has 3 aliphatic rings. The second-order valence-corrected chi connectivity index (χ2v) is 13.9. The van der Waals surface area contributed by atoms with Crippen molar-refractivity contribution in [3.05, 3.63) is 58.4 Å². The number of fused-ring (bicyclic) bond motifs is 2. The molecule has 0 radical (unpaired) electrons. The van der Waals surface area contributed by atoms with Crippen molar-refractivity contribution in [2.75, 3.05) is 25.5 Å². The van der Waals surface area contributed by atoms with Gasteiger partial charge >= 0.3 is 0 Å². The van der Waals surface area contributed by atoms with Crippen molar-refractivity contribution in [2.45, 2.75) is 60.3 Å². The maximum atomic E-state index is 13.8. The molecule has 1 heterocycles. The van der Waals surface area contributed by atoms with Crippen LogP contribution in [0.15, 0.2) is 35.2 Å². The number of nitrogens with one attached hydrogen (secondary N) is 2. The summed E-state index contributed by atoms with van der Waals surface area (Å²) in [6, 6.07) is 4.60. The second-order valence-electron chi connectivity index (χ2n) is 11.3. The van der Waals surface area contributed by atoms with Gasteiger partial charge in [0, 0.05) is 29.9 Å². The van der Waals surface area contributed by atoms with E-state index >= 15 is 0 Å². The Morgan fingerprint density at radius 1 is 1.07 bits per heavy atom. The van der Waals surface area contributed by atoms with Crippen LogP contribution in [-0.4, -0.2) is 67.3 Å². The minimum atomic E-state index is -4.05. The van der Waals surface area contributed by atoms with E-state index in [1.165, 1.54) is 12.1 Å². The maximum absolute atomic E-state index is 13.8. The lowest BCUT2D eigenvalue weighted by molar-refractivity contribution is -0.128. The van der Waals surface area contributed by atoms with Crippen molar-refractivity contribution < 1.29 is 36.3 Å². The number of likely N-dealkylation sites (tertiary alicyclic amines) is 1. The first-order valence-corrected chi connectivity index (χ1v) is 15.4. The fraction of sp³-hybridized carbons (Fsp3) is 0.500. The maximum Gasteiger partial charge on any atom is 0.255 e. The van der Waals surface area contributed by atoms with Crippen LogP contribution < -0.4 is 10.6 Å². The highest BCUT2D eigenvalue weighted by molar-refractivity contribution is 7.92. The van der Waals surface area contributed by atoms with E-state index in [2.05, 4.69) is 10.6 Å². The Bertz CT molecular complexity index is 1450. The van der Waals surface area contributed by atoms with E-state index in [9.17, 15) is 36.3 Å². The SMILES string of the molecule is CN1CCC[C@@H]1C(=O)NCC1(O)C2CCC1CC(S(=O)(=O)c1cc(C(=O)Nc3cc(F)c(F)c(F)c3)ccc1Cl)C2. The molecular formula is C28H31ClF3N3O5S. The quantitative estimate of drug-likeness (QED) is 0.408. The molecule has 2 bridgehead atoms. The highest BCUT2D eigenvalue weighted by atomic mass is 35.5. The Morgan fingerprint density at radius 2 is 1.71 bits per heavy atom. The molecule has 3 fully saturated rings. The summed E-state index contributed by atoms with van der Waals surface area (Å²) >= 11 is 6.27. The number of sulfone groups is 1. The van der Waals surface area contributed by atoms with Gasteiger partial charge in [-0.15, -0.1) is 0 Å². The Labute approximate surface area is 241 Å². The predicted octanol–water partition coefficient (Wildman–Crippen LogP) is 3.91. The van der Waals surface area contributed by atoms with Crippen LogP contribution in [0, 0.1) is 29.3 Å². The Hall–Kier alpha value is -2.67. The van der Waals surface area contributed by atoms with Gasteiger partial charge < -0.3 is 15.7 Å². The number of aliphatic hydroxyl groups is 1. The molecule has 2 unspecified atom stereocenters. The summed E-state index contributed by atoms with van der Waals surface area (Å²) in [5.74, 6) is -6.37. The van der Waals surface area contributed by atoms with Gasteiger partial charge in [-0.05, 0) is 82.2 Å². The first kappa shape index (κ1) is 29.8. The van der Waals surface area contributed by atoms with Gasteiger partial charge in [0.05, 0.1) is 26.8 Å². The van der Waals surface area contributed by atoms with Gasteiger partial charge in [0.2, 0.25) is 5.91 Å². The summed E-state index contributed by atoms with van der Waals surface area (Å²) in [6.45, 7) is 0.890. The first-order chi connectivity index (χ1) is 19.3. The first-order valence-electron chi connectivity index (χ1n) is 13.5. The number of benzene rings is 2. The minimum Gasteiger partial charge on any atom is -0.387 e. The Morgan fingerprint density at radius 3 is 2.29 bits per heavy atom. The largest absolute Gasteiger partial charge is 0.387 e. The minimum absolute atomic E-state index is 0.0548. The molecule has 2 aliphatic carbocycles. The van der Waals surface area contributed by atoms with Crippen LogP contribution in [0.3, 0.4) is 0 Å². The van der Waals surface area contributed by atoms with Crippen molar-refractivity contribution in [3.8, 4) is 0 Å². The summed E-state index contributed by atoms with van der Waals surface area (Å²) in [7, 11) is -2.17. The number of halogens is 4. The number of rotatable bonds is 7. The fourth-order valence-corrected chi connectivity index (χ4v) is 9.02. The number of carbonyl (C=O) groups excluding carboxylic acids is 2. The highest BCUT2D eigenvalue weighted by Gasteiger charge is 2.56. The molecule has 2 saturated carbocycles. The summed E-state index contributed by atoms with van der Waals surface area (Å²) in [6.07, 6.45) is 3.24. The molecule has 3 N–H and O–H groups in total. The average Bonchev–Trinajstić information content (AvgIpc) is 3.38. The molecule has 0 spiro atoms. The normalized spacial score (nSPS) is 28.0. The highest BCUT2D eigenvalue weighted by Crippen LogP contribution is 2.52. The second kappa shape index (κ2) is 11.2. The zero-order valence-electron chi connectivity index (χ0n) is 22.3. The molecule has 1 aliphatic heterocycles. The van der Waals surface area contributed by atoms with E-state index in [0.717, 1.165) is 25.5 Å². The molecule has 2 aromatic carbocycles. The molecule has 1 saturated heterocycles. The van der Waals surface area contributed by atoms with Crippen molar-refractivity contribution in [2.24, 2.45) is 11.8 Å². The van der Waals surface area contributed by atoms with Crippen LogP contribution in [0.2, 0.25) is 5.02 Å². The average molecular weight is 614 g/mol. The molecule has 2 aromatic rings.